The van der Waals surface area contributed by atoms with Crippen molar-refractivity contribution in [1.29, 1.82) is 0 Å². The first-order valence-corrected chi connectivity index (χ1v) is 5.67. The van der Waals surface area contributed by atoms with Gasteiger partial charge < -0.3 is 11.1 Å². The van der Waals surface area contributed by atoms with Crippen LogP contribution in [-0.4, -0.2) is 19.0 Å². The first-order valence-electron chi connectivity index (χ1n) is 4.85. The molecule has 3 nitrogen and oxygen atoms in total. The van der Waals surface area contributed by atoms with Crippen LogP contribution in [-0.2, 0) is 0 Å². The molecule has 0 aliphatic heterocycles. The van der Waals surface area contributed by atoms with Gasteiger partial charge in [0.2, 0.25) is 0 Å². The second kappa shape index (κ2) is 5.68. The van der Waals surface area contributed by atoms with Gasteiger partial charge in [-0.3, -0.25) is 4.79 Å². The summed E-state index contributed by atoms with van der Waals surface area (Å²) in [5.74, 6) is -0.0159. The van der Waals surface area contributed by atoms with Crippen molar-refractivity contribution in [2.45, 2.75) is 13.8 Å². The summed E-state index contributed by atoms with van der Waals surface area (Å²) in [5.41, 5.74) is 6.45. The Kier molecular flexibility index (Phi) is 4.52. The van der Waals surface area contributed by atoms with Gasteiger partial charge in [0.15, 0.2) is 0 Å². The standard InChI is InChI=1S/C11H16N2OS/c1-8-7-10(15-9(8)2)11(14)13-6-4-3-5-12/h3-4,7H,5-6,12H2,1-2H3,(H,13,14)/b4-3+. The quantitative estimate of drug-likeness (QED) is 0.763. The average molecular weight is 224 g/mol. The van der Waals surface area contributed by atoms with Gasteiger partial charge in [0, 0.05) is 18.0 Å². The average Bonchev–Trinajstić information content (AvgIpc) is 2.54. The molecule has 0 bridgehead atoms. The molecule has 0 fully saturated rings. The SMILES string of the molecule is Cc1cc(C(=O)NC/C=C/CN)sc1C. The Hall–Kier alpha value is -1.13. The maximum Gasteiger partial charge on any atom is 0.261 e. The summed E-state index contributed by atoms with van der Waals surface area (Å²) in [6.07, 6.45) is 3.68. The monoisotopic (exact) mass is 224 g/mol. The first kappa shape index (κ1) is 11.9. The van der Waals surface area contributed by atoms with Gasteiger partial charge in [-0.15, -0.1) is 11.3 Å². The molecule has 0 spiro atoms. The third kappa shape index (κ3) is 3.49. The summed E-state index contributed by atoms with van der Waals surface area (Å²) in [6, 6.07) is 1.92. The molecular formula is C11H16N2OS. The minimum absolute atomic E-state index is 0.0159. The van der Waals surface area contributed by atoms with Gasteiger partial charge in [-0.05, 0) is 25.5 Å². The summed E-state index contributed by atoms with van der Waals surface area (Å²) in [4.78, 5) is 13.6. The van der Waals surface area contributed by atoms with Crippen LogP contribution in [0.25, 0.3) is 0 Å². The van der Waals surface area contributed by atoms with E-state index in [0.717, 1.165) is 4.88 Å². The minimum atomic E-state index is -0.0159. The van der Waals surface area contributed by atoms with Crippen LogP contribution in [0, 0.1) is 13.8 Å². The summed E-state index contributed by atoms with van der Waals surface area (Å²) in [5, 5.41) is 2.80. The topological polar surface area (TPSA) is 55.1 Å². The predicted octanol–water partition coefficient (Wildman–Crippen LogP) is 1.61. The van der Waals surface area contributed by atoms with Gasteiger partial charge in [0.1, 0.15) is 0 Å². The van der Waals surface area contributed by atoms with Crippen molar-refractivity contribution in [3.05, 3.63) is 33.5 Å². The zero-order valence-corrected chi connectivity index (χ0v) is 9.86. The lowest BCUT2D eigenvalue weighted by atomic mass is 10.3. The fraction of sp³-hybridized carbons (Fsp3) is 0.364. The van der Waals surface area contributed by atoms with E-state index in [1.165, 1.54) is 21.8 Å². The lowest BCUT2D eigenvalue weighted by Gasteiger charge is -1.98. The van der Waals surface area contributed by atoms with E-state index in [4.69, 9.17) is 5.73 Å². The van der Waals surface area contributed by atoms with Gasteiger partial charge >= 0.3 is 0 Å². The molecule has 0 aliphatic carbocycles. The fourth-order valence-electron chi connectivity index (χ4n) is 1.10. The third-order valence-electron chi connectivity index (χ3n) is 2.07. The van der Waals surface area contributed by atoms with Crippen LogP contribution in [0.5, 0.6) is 0 Å². The Labute approximate surface area is 94.0 Å². The highest BCUT2D eigenvalue weighted by molar-refractivity contribution is 7.14. The molecule has 82 valence electrons. The van der Waals surface area contributed by atoms with Crippen molar-refractivity contribution in [2.75, 3.05) is 13.1 Å². The number of aryl methyl sites for hydroxylation is 2. The lowest BCUT2D eigenvalue weighted by molar-refractivity contribution is 0.0962. The number of hydrogen-bond acceptors (Lipinski definition) is 3. The highest BCUT2D eigenvalue weighted by Crippen LogP contribution is 2.20. The van der Waals surface area contributed by atoms with Crippen LogP contribution >= 0.6 is 11.3 Å². The molecule has 0 aliphatic rings. The first-order chi connectivity index (χ1) is 7.15. The lowest BCUT2D eigenvalue weighted by Crippen LogP contribution is -2.22. The van der Waals surface area contributed by atoms with E-state index in [0.29, 0.717) is 13.1 Å². The van der Waals surface area contributed by atoms with E-state index >= 15 is 0 Å². The largest absolute Gasteiger partial charge is 0.348 e. The number of carbonyl (C=O) groups excluding carboxylic acids is 1. The summed E-state index contributed by atoms with van der Waals surface area (Å²) >= 11 is 1.53. The molecule has 15 heavy (non-hydrogen) atoms. The van der Waals surface area contributed by atoms with Crippen molar-refractivity contribution >= 4 is 17.2 Å². The molecule has 1 rings (SSSR count). The molecule has 0 saturated carbocycles. The highest BCUT2D eigenvalue weighted by atomic mass is 32.1. The molecule has 0 radical (unpaired) electrons. The maximum atomic E-state index is 11.6. The number of nitrogens with two attached hydrogens (primary N) is 1. The molecule has 1 aromatic heterocycles. The van der Waals surface area contributed by atoms with Crippen LogP contribution in [0.2, 0.25) is 0 Å². The summed E-state index contributed by atoms with van der Waals surface area (Å²) in [7, 11) is 0. The van der Waals surface area contributed by atoms with Crippen molar-refractivity contribution < 1.29 is 4.79 Å². The smallest absolute Gasteiger partial charge is 0.261 e. The molecule has 1 aromatic rings. The molecule has 1 heterocycles. The number of hydrogen-bond donors (Lipinski definition) is 2. The van der Waals surface area contributed by atoms with Crippen LogP contribution < -0.4 is 11.1 Å². The third-order valence-corrected chi connectivity index (χ3v) is 3.22. The molecule has 3 N–H and O–H groups in total. The van der Waals surface area contributed by atoms with E-state index in [2.05, 4.69) is 5.32 Å². The Morgan fingerprint density at radius 2 is 2.27 bits per heavy atom. The van der Waals surface area contributed by atoms with E-state index < -0.39 is 0 Å². The fourth-order valence-corrected chi connectivity index (χ4v) is 2.05. The zero-order valence-electron chi connectivity index (χ0n) is 9.04. The number of nitrogens with one attached hydrogen (secondary N) is 1. The van der Waals surface area contributed by atoms with Crippen LogP contribution in [0.15, 0.2) is 18.2 Å². The Bertz CT molecular complexity index is 349. The second-order valence-electron chi connectivity index (χ2n) is 3.27. The van der Waals surface area contributed by atoms with E-state index in [9.17, 15) is 4.79 Å². The summed E-state index contributed by atoms with van der Waals surface area (Å²) in [6.45, 7) is 5.07. The predicted molar refractivity (Wildman–Crippen MR) is 64.3 cm³/mol. The molecule has 0 atom stereocenters. The number of rotatable bonds is 4. The van der Waals surface area contributed by atoms with Crippen molar-refractivity contribution in [2.24, 2.45) is 5.73 Å². The van der Waals surface area contributed by atoms with Crippen LogP contribution in [0.1, 0.15) is 20.1 Å². The molecule has 1 amide bonds. The van der Waals surface area contributed by atoms with Gasteiger partial charge in [-0.1, -0.05) is 12.2 Å². The van der Waals surface area contributed by atoms with Gasteiger partial charge in [0.05, 0.1) is 4.88 Å². The minimum Gasteiger partial charge on any atom is -0.348 e. The van der Waals surface area contributed by atoms with E-state index in [-0.39, 0.29) is 5.91 Å². The Balaban J connectivity index is 2.50. The Morgan fingerprint density at radius 3 is 2.80 bits per heavy atom. The highest BCUT2D eigenvalue weighted by Gasteiger charge is 2.08. The van der Waals surface area contributed by atoms with Crippen LogP contribution in [0.4, 0.5) is 0 Å². The summed E-state index contributed by atoms with van der Waals surface area (Å²) < 4.78 is 0. The second-order valence-corrected chi connectivity index (χ2v) is 4.52. The van der Waals surface area contributed by atoms with Crippen molar-refractivity contribution in [1.82, 2.24) is 5.32 Å². The molecule has 0 saturated heterocycles. The number of amides is 1. The van der Waals surface area contributed by atoms with E-state index in [1.54, 1.807) is 0 Å². The van der Waals surface area contributed by atoms with Gasteiger partial charge in [0.25, 0.3) is 5.91 Å². The maximum absolute atomic E-state index is 11.6. The normalized spacial score (nSPS) is 10.9. The number of carbonyl (C=O) groups is 1. The van der Waals surface area contributed by atoms with Gasteiger partial charge in [-0.2, -0.15) is 0 Å². The molecular weight excluding hydrogens is 208 g/mol. The van der Waals surface area contributed by atoms with Crippen molar-refractivity contribution in [3.63, 3.8) is 0 Å². The number of thiophene rings is 1. The van der Waals surface area contributed by atoms with Crippen molar-refractivity contribution in [3.8, 4) is 0 Å². The zero-order chi connectivity index (χ0) is 11.3. The molecule has 0 unspecified atom stereocenters. The molecule has 0 aromatic carbocycles. The van der Waals surface area contributed by atoms with Crippen LogP contribution in [0.3, 0.4) is 0 Å². The van der Waals surface area contributed by atoms with E-state index in [1.807, 2.05) is 32.1 Å². The Morgan fingerprint density at radius 1 is 1.53 bits per heavy atom. The van der Waals surface area contributed by atoms with Gasteiger partial charge in [-0.25, -0.2) is 0 Å². The molecule has 4 heteroatoms.